The van der Waals surface area contributed by atoms with E-state index >= 15 is 0 Å². The highest BCUT2D eigenvalue weighted by molar-refractivity contribution is 14.0. The number of hydrogen-bond donors (Lipinski definition) is 2. The third kappa shape index (κ3) is 6.29. The van der Waals surface area contributed by atoms with Gasteiger partial charge in [-0.3, -0.25) is 4.99 Å². The van der Waals surface area contributed by atoms with Gasteiger partial charge in [0, 0.05) is 18.0 Å². The molecule has 0 saturated carbocycles. The van der Waals surface area contributed by atoms with Gasteiger partial charge >= 0.3 is 0 Å². The van der Waals surface area contributed by atoms with Crippen molar-refractivity contribution in [3.8, 4) is 11.5 Å². The number of halogens is 1. The first-order chi connectivity index (χ1) is 12.8. The summed E-state index contributed by atoms with van der Waals surface area (Å²) in [5, 5.41) is 6.58. The highest BCUT2D eigenvalue weighted by Crippen LogP contribution is 2.29. The minimum atomic E-state index is -0.0669. The lowest BCUT2D eigenvalue weighted by atomic mass is 9.94. The van der Waals surface area contributed by atoms with Crippen LogP contribution in [0.2, 0.25) is 0 Å². The van der Waals surface area contributed by atoms with E-state index in [1.54, 1.807) is 27.5 Å². The fourth-order valence-electron chi connectivity index (χ4n) is 2.55. The normalized spacial score (nSPS) is 12.8. The number of aliphatic imine (C=N–C) groups is 1. The van der Waals surface area contributed by atoms with Crippen LogP contribution in [0.3, 0.4) is 0 Å². The van der Waals surface area contributed by atoms with E-state index in [0.29, 0.717) is 18.4 Å². The molecule has 0 radical (unpaired) electrons. The summed E-state index contributed by atoms with van der Waals surface area (Å²) < 4.78 is 16.6. The highest BCUT2D eigenvalue weighted by atomic mass is 127. The molecule has 1 atom stereocenters. The van der Waals surface area contributed by atoms with Gasteiger partial charge in [-0.15, -0.1) is 24.0 Å². The van der Waals surface area contributed by atoms with Crippen molar-refractivity contribution in [1.82, 2.24) is 15.6 Å². The van der Waals surface area contributed by atoms with Crippen LogP contribution in [-0.4, -0.2) is 32.2 Å². The molecule has 0 fully saturated rings. The lowest BCUT2D eigenvalue weighted by molar-refractivity contribution is 0.379. The molecule has 0 bridgehead atoms. The molecule has 1 unspecified atom stereocenters. The Morgan fingerprint density at radius 1 is 1.25 bits per heavy atom. The summed E-state index contributed by atoms with van der Waals surface area (Å²) in [6.07, 6.45) is 1.77. The molecule has 0 saturated heterocycles. The Hall–Kier alpha value is -1.97. The largest absolute Gasteiger partial charge is 0.497 e. The standard InChI is InChI=1S/C20H30N4O3.HI/c1-13(15-10-14(25-6)8-9-16(15)26-7)24-19(21-5)23-12-18-22-11-17(27-18)20(2,3)4;/h8-11,13H,12H2,1-7H3,(H2,21,23,24);1H. The van der Waals surface area contributed by atoms with Gasteiger partial charge in [0.05, 0.1) is 33.0 Å². The average molecular weight is 502 g/mol. The Kier molecular flexibility index (Phi) is 9.06. The number of nitrogens with zero attached hydrogens (tertiary/aromatic N) is 2. The predicted molar refractivity (Wildman–Crippen MR) is 122 cm³/mol. The van der Waals surface area contributed by atoms with E-state index in [2.05, 4.69) is 41.4 Å². The summed E-state index contributed by atoms with van der Waals surface area (Å²) in [4.78, 5) is 8.60. The van der Waals surface area contributed by atoms with Gasteiger partial charge in [0.2, 0.25) is 5.89 Å². The topological polar surface area (TPSA) is 80.9 Å². The van der Waals surface area contributed by atoms with Crippen molar-refractivity contribution in [1.29, 1.82) is 0 Å². The van der Waals surface area contributed by atoms with Crippen LogP contribution < -0.4 is 20.1 Å². The number of benzene rings is 1. The Balaban J connectivity index is 0.00000392. The SMILES string of the molecule is CN=C(NCc1ncc(C(C)(C)C)o1)NC(C)c1cc(OC)ccc1OC.I. The molecule has 1 aromatic carbocycles. The van der Waals surface area contributed by atoms with E-state index in [1.165, 1.54) is 0 Å². The first-order valence-electron chi connectivity index (χ1n) is 8.92. The number of aromatic nitrogens is 1. The second-order valence-corrected chi connectivity index (χ2v) is 7.27. The van der Waals surface area contributed by atoms with Crippen LogP contribution in [0.4, 0.5) is 0 Å². The van der Waals surface area contributed by atoms with Crippen molar-refractivity contribution in [2.75, 3.05) is 21.3 Å². The van der Waals surface area contributed by atoms with Gasteiger partial charge in [0.25, 0.3) is 0 Å². The molecule has 1 heterocycles. The zero-order chi connectivity index (χ0) is 20.0. The monoisotopic (exact) mass is 502 g/mol. The van der Waals surface area contributed by atoms with Crippen molar-refractivity contribution in [3.63, 3.8) is 0 Å². The molecular formula is C20H31IN4O3. The zero-order valence-corrected chi connectivity index (χ0v) is 20.0. The van der Waals surface area contributed by atoms with Gasteiger partial charge in [-0.05, 0) is 25.1 Å². The number of hydrogen-bond acceptors (Lipinski definition) is 5. The first kappa shape index (κ1) is 24.1. The molecule has 0 amide bonds. The van der Waals surface area contributed by atoms with Crippen LogP contribution in [0, 0.1) is 0 Å². The van der Waals surface area contributed by atoms with E-state index in [4.69, 9.17) is 13.9 Å². The van der Waals surface area contributed by atoms with Crippen molar-refractivity contribution >= 4 is 29.9 Å². The molecule has 28 heavy (non-hydrogen) atoms. The van der Waals surface area contributed by atoms with E-state index in [9.17, 15) is 0 Å². The molecule has 0 spiro atoms. The second kappa shape index (κ2) is 10.5. The molecule has 0 aliphatic heterocycles. The fraction of sp³-hybridized carbons (Fsp3) is 0.500. The average Bonchev–Trinajstić information content (AvgIpc) is 3.13. The van der Waals surface area contributed by atoms with Crippen molar-refractivity contribution in [2.24, 2.45) is 4.99 Å². The molecule has 2 rings (SSSR count). The fourth-order valence-corrected chi connectivity index (χ4v) is 2.55. The Morgan fingerprint density at radius 2 is 1.96 bits per heavy atom. The molecule has 2 aromatic rings. The lowest BCUT2D eigenvalue weighted by Crippen LogP contribution is -2.38. The Bertz CT molecular complexity index is 784. The predicted octanol–water partition coefficient (Wildman–Crippen LogP) is 4.03. The quantitative estimate of drug-likeness (QED) is 0.353. The molecule has 8 heteroatoms. The zero-order valence-electron chi connectivity index (χ0n) is 17.6. The van der Waals surface area contributed by atoms with Crippen molar-refractivity contribution < 1.29 is 13.9 Å². The van der Waals surface area contributed by atoms with Crippen LogP contribution >= 0.6 is 24.0 Å². The first-order valence-corrected chi connectivity index (χ1v) is 8.92. The van der Waals surface area contributed by atoms with Gasteiger partial charge in [0.1, 0.15) is 17.3 Å². The number of ether oxygens (including phenoxy) is 2. The number of methoxy groups -OCH3 is 2. The van der Waals surface area contributed by atoms with Gasteiger partial charge in [-0.2, -0.15) is 0 Å². The summed E-state index contributed by atoms with van der Waals surface area (Å²) in [5.41, 5.74) is 0.911. The molecule has 0 aliphatic rings. The molecular weight excluding hydrogens is 471 g/mol. The third-order valence-electron chi connectivity index (χ3n) is 4.18. The number of oxazole rings is 1. The maximum absolute atomic E-state index is 5.81. The minimum Gasteiger partial charge on any atom is -0.497 e. The number of rotatable bonds is 6. The summed E-state index contributed by atoms with van der Waals surface area (Å²) >= 11 is 0. The highest BCUT2D eigenvalue weighted by Gasteiger charge is 2.19. The van der Waals surface area contributed by atoms with Crippen molar-refractivity contribution in [3.05, 3.63) is 41.6 Å². The second-order valence-electron chi connectivity index (χ2n) is 7.27. The smallest absolute Gasteiger partial charge is 0.213 e. The lowest BCUT2D eigenvalue weighted by Gasteiger charge is -2.20. The molecule has 7 nitrogen and oxygen atoms in total. The van der Waals surface area contributed by atoms with Gasteiger partial charge < -0.3 is 24.5 Å². The van der Waals surface area contributed by atoms with E-state index in [1.807, 2.05) is 25.1 Å². The van der Waals surface area contributed by atoms with E-state index < -0.39 is 0 Å². The van der Waals surface area contributed by atoms with Gasteiger partial charge in [0.15, 0.2) is 5.96 Å². The van der Waals surface area contributed by atoms with Crippen LogP contribution in [0.25, 0.3) is 0 Å². The summed E-state index contributed by atoms with van der Waals surface area (Å²) in [6.45, 7) is 8.75. The third-order valence-corrected chi connectivity index (χ3v) is 4.18. The van der Waals surface area contributed by atoms with E-state index in [-0.39, 0.29) is 35.4 Å². The minimum absolute atomic E-state index is 0. The van der Waals surface area contributed by atoms with Crippen LogP contribution in [0.1, 0.15) is 51.0 Å². The Morgan fingerprint density at radius 3 is 2.50 bits per heavy atom. The van der Waals surface area contributed by atoms with Crippen molar-refractivity contribution in [2.45, 2.75) is 45.7 Å². The molecule has 156 valence electrons. The Labute approximate surface area is 184 Å². The number of nitrogens with one attached hydrogen (secondary N) is 2. The summed E-state index contributed by atoms with van der Waals surface area (Å²) in [7, 11) is 5.02. The van der Waals surface area contributed by atoms with E-state index in [0.717, 1.165) is 22.8 Å². The summed E-state index contributed by atoms with van der Waals surface area (Å²) in [5.74, 6) is 3.68. The maximum atomic E-state index is 5.81. The van der Waals surface area contributed by atoms with Crippen LogP contribution in [0.5, 0.6) is 11.5 Å². The van der Waals surface area contributed by atoms with Crippen LogP contribution in [-0.2, 0) is 12.0 Å². The number of guanidine groups is 1. The van der Waals surface area contributed by atoms with Gasteiger partial charge in [-0.25, -0.2) is 4.98 Å². The van der Waals surface area contributed by atoms with Crippen LogP contribution in [0.15, 0.2) is 33.8 Å². The summed E-state index contributed by atoms with van der Waals surface area (Å²) in [6, 6.07) is 5.67. The maximum Gasteiger partial charge on any atom is 0.213 e. The molecule has 2 N–H and O–H groups in total. The molecule has 1 aromatic heterocycles. The van der Waals surface area contributed by atoms with Gasteiger partial charge in [-0.1, -0.05) is 20.8 Å². The molecule has 0 aliphatic carbocycles.